The molecule has 24 heavy (non-hydrogen) atoms. The van der Waals surface area contributed by atoms with E-state index in [0.29, 0.717) is 18.8 Å². The Morgan fingerprint density at radius 1 is 1.46 bits per heavy atom. The second kappa shape index (κ2) is 7.61. The van der Waals surface area contributed by atoms with Gasteiger partial charge in [-0.05, 0) is 31.9 Å². The van der Waals surface area contributed by atoms with Gasteiger partial charge in [0.05, 0.1) is 12.2 Å². The van der Waals surface area contributed by atoms with Crippen molar-refractivity contribution in [2.75, 3.05) is 18.0 Å². The number of anilines is 1. The second-order valence-corrected chi connectivity index (χ2v) is 7.25. The highest BCUT2D eigenvalue weighted by atomic mass is 32.1. The van der Waals surface area contributed by atoms with Crippen LogP contribution < -0.4 is 15.5 Å². The number of urea groups is 1. The summed E-state index contributed by atoms with van der Waals surface area (Å²) in [4.78, 5) is 19.4. The van der Waals surface area contributed by atoms with E-state index < -0.39 is 0 Å². The van der Waals surface area contributed by atoms with Crippen molar-refractivity contribution in [2.24, 2.45) is 0 Å². The van der Waals surface area contributed by atoms with Crippen LogP contribution in [0.15, 0.2) is 30.5 Å². The summed E-state index contributed by atoms with van der Waals surface area (Å²) in [6.45, 7) is 3.83. The average Bonchev–Trinajstić information content (AvgIpc) is 2.99. The van der Waals surface area contributed by atoms with E-state index in [1.54, 1.807) is 29.7 Å². The number of para-hydroxylation sites is 1. The predicted octanol–water partition coefficient (Wildman–Crippen LogP) is 3.06. The highest BCUT2D eigenvalue weighted by Crippen LogP contribution is 2.22. The molecule has 1 atom stereocenters. The summed E-state index contributed by atoms with van der Waals surface area (Å²) in [6.07, 6.45) is 3.62. The van der Waals surface area contributed by atoms with Gasteiger partial charge in [-0.1, -0.05) is 12.1 Å². The molecular formula is C17H21FN4OS. The van der Waals surface area contributed by atoms with Crippen LogP contribution in [0.1, 0.15) is 22.7 Å². The first-order valence-electron chi connectivity index (χ1n) is 8.07. The van der Waals surface area contributed by atoms with Crippen LogP contribution in [0, 0.1) is 12.7 Å². The molecular weight excluding hydrogens is 327 g/mol. The highest BCUT2D eigenvalue weighted by molar-refractivity contribution is 7.11. The Morgan fingerprint density at radius 3 is 3.04 bits per heavy atom. The number of nitrogens with one attached hydrogen (secondary N) is 2. The number of halogens is 1. The van der Waals surface area contributed by atoms with Crippen LogP contribution in [0.3, 0.4) is 0 Å². The van der Waals surface area contributed by atoms with Gasteiger partial charge in [-0.15, -0.1) is 11.3 Å². The molecule has 1 aliphatic heterocycles. The van der Waals surface area contributed by atoms with E-state index in [1.165, 1.54) is 6.07 Å². The van der Waals surface area contributed by atoms with Crippen molar-refractivity contribution < 1.29 is 9.18 Å². The minimum absolute atomic E-state index is 0.0105. The first-order chi connectivity index (χ1) is 11.6. The molecule has 3 rings (SSSR count). The first-order valence-corrected chi connectivity index (χ1v) is 8.88. The zero-order valence-electron chi connectivity index (χ0n) is 13.6. The molecule has 0 bridgehead atoms. The minimum atomic E-state index is -0.221. The van der Waals surface area contributed by atoms with E-state index in [0.717, 1.165) is 29.3 Å². The standard InChI is InChI=1S/C17H21FN4OS/c1-12-9-19-16(24-12)10-20-17(23)21-13-5-4-8-22(11-13)15-7-3-2-6-14(15)18/h2-3,6-7,9,13H,4-5,8,10-11H2,1H3,(H2,20,21,23)/t13-/m0/s1. The lowest BCUT2D eigenvalue weighted by molar-refractivity contribution is 0.234. The van der Waals surface area contributed by atoms with Crippen LogP contribution in [0.4, 0.5) is 14.9 Å². The number of aromatic nitrogens is 1. The molecule has 2 aromatic rings. The molecule has 1 saturated heterocycles. The van der Waals surface area contributed by atoms with Crippen LogP contribution in [-0.4, -0.2) is 30.1 Å². The van der Waals surface area contributed by atoms with Crippen LogP contribution in [0.5, 0.6) is 0 Å². The largest absolute Gasteiger partial charge is 0.367 e. The summed E-state index contributed by atoms with van der Waals surface area (Å²) in [5.74, 6) is -0.221. The molecule has 1 aromatic heterocycles. The molecule has 5 nitrogen and oxygen atoms in total. The molecule has 7 heteroatoms. The van der Waals surface area contributed by atoms with Gasteiger partial charge in [0.15, 0.2) is 0 Å². The molecule has 0 unspecified atom stereocenters. The maximum Gasteiger partial charge on any atom is 0.315 e. The molecule has 2 heterocycles. The molecule has 1 aromatic carbocycles. The third-order valence-electron chi connectivity index (χ3n) is 4.02. The molecule has 1 aliphatic rings. The molecule has 1 fully saturated rings. The van der Waals surface area contributed by atoms with Gasteiger partial charge in [0.1, 0.15) is 10.8 Å². The van der Waals surface area contributed by atoms with Crippen molar-refractivity contribution >= 4 is 23.1 Å². The maximum atomic E-state index is 13.9. The SMILES string of the molecule is Cc1cnc(CNC(=O)N[C@H]2CCCN(c3ccccc3F)C2)s1. The van der Waals surface area contributed by atoms with Crippen LogP contribution in [-0.2, 0) is 6.54 Å². The molecule has 2 amide bonds. The Morgan fingerprint density at radius 2 is 2.29 bits per heavy atom. The van der Waals surface area contributed by atoms with Gasteiger partial charge in [-0.3, -0.25) is 0 Å². The number of piperidine rings is 1. The lowest BCUT2D eigenvalue weighted by atomic mass is 10.0. The van der Waals surface area contributed by atoms with Gasteiger partial charge in [0.2, 0.25) is 0 Å². The monoisotopic (exact) mass is 348 g/mol. The van der Waals surface area contributed by atoms with E-state index in [2.05, 4.69) is 15.6 Å². The smallest absolute Gasteiger partial charge is 0.315 e. The molecule has 2 N–H and O–H groups in total. The summed E-state index contributed by atoms with van der Waals surface area (Å²) in [6, 6.07) is 6.57. The number of nitrogens with zero attached hydrogens (tertiary/aromatic N) is 2. The van der Waals surface area contributed by atoms with Crippen molar-refractivity contribution in [3.63, 3.8) is 0 Å². The Labute approximate surface area is 144 Å². The lowest BCUT2D eigenvalue weighted by Gasteiger charge is -2.34. The van der Waals surface area contributed by atoms with Gasteiger partial charge < -0.3 is 15.5 Å². The lowest BCUT2D eigenvalue weighted by Crippen LogP contribution is -2.50. The number of rotatable bonds is 4. The summed E-state index contributed by atoms with van der Waals surface area (Å²) < 4.78 is 13.9. The van der Waals surface area contributed by atoms with Crippen molar-refractivity contribution in [2.45, 2.75) is 32.4 Å². The van der Waals surface area contributed by atoms with E-state index in [4.69, 9.17) is 0 Å². The van der Waals surface area contributed by atoms with Crippen molar-refractivity contribution in [3.8, 4) is 0 Å². The van der Waals surface area contributed by atoms with Crippen molar-refractivity contribution in [1.82, 2.24) is 15.6 Å². The Balaban J connectivity index is 1.51. The number of carbonyl (C=O) groups is 1. The topological polar surface area (TPSA) is 57.3 Å². The molecule has 0 radical (unpaired) electrons. The third-order valence-corrected chi connectivity index (χ3v) is 4.93. The van der Waals surface area contributed by atoms with Gasteiger partial charge in [-0.2, -0.15) is 0 Å². The van der Waals surface area contributed by atoms with Crippen LogP contribution in [0.25, 0.3) is 0 Å². The molecule has 0 aliphatic carbocycles. The van der Waals surface area contributed by atoms with E-state index in [1.807, 2.05) is 17.9 Å². The summed E-state index contributed by atoms with van der Waals surface area (Å²) >= 11 is 1.57. The average molecular weight is 348 g/mol. The Hall–Kier alpha value is -2.15. The van der Waals surface area contributed by atoms with E-state index in [-0.39, 0.29) is 17.9 Å². The predicted molar refractivity (Wildman–Crippen MR) is 93.9 cm³/mol. The minimum Gasteiger partial charge on any atom is -0.367 e. The zero-order chi connectivity index (χ0) is 16.9. The van der Waals surface area contributed by atoms with E-state index >= 15 is 0 Å². The fourth-order valence-corrected chi connectivity index (χ4v) is 3.62. The Kier molecular flexibility index (Phi) is 5.30. The van der Waals surface area contributed by atoms with E-state index in [9.17, 15) is 9.18 Å². The zero-order valence-corrected chi connectivity index (χ0v) is 14.4. The highest BCUT2D eigenvalue weighted by Gasteiger charge is 2.23. The maximum absolute atomic E-state index is 13.9. The fraction of sp³-hybridized carbons (Fsp3) is 0.412. The molecule has 0 saturated carbocycles. The second-order valence-electron chi connectivity index (χ2n) is 5.93. The number of carbonyl (C=O) groups excluding carboxylic acids is 1. The molecule has 128 valence electrons. The van der Waals surface area contributed by atoms with Crippen molar-refractivity contribution in [3.05, 3.63) is 46.2 Å². The fourth-order valence-electron chi connectivity index (χ4n) is 2.90. The van der Waals surface area contributed by atoms with Gasteiger partial charge in [-0.25, -0.2) is 14.2 Å². The normalized spacial score (nSPS) is 17.6. The number of aryl methyl sites for hydroxylation is 1. The quantitative estimate of drug-likeness (QED) is 0.893. The number of amides is 2. The number of benzene rings is 1. The number of thiazole rings is 1. The van der Waals surface area contributed by atoms with Crippen LogP contribution >= 0.6 is 11.3 Å². The van der Waals surface area contributed by atoms with Crippen LogP contribution in [0.2, 0.25) is 0 Å². The molecule has 0 spiro atoms. The van der Waals surface area contributed by atoms with Gasteiger partial charge in [0, 0.05) is 30.2 Å². The summed E-state index contributed by atoms with van der Waals surface area (Å²) in [7, 11) is 0. The third kappa shape index (κ3) is 4.23. The number of hydrogen-bond acceptors (Lipinski definition) is 4. The summed E-state index contributed by atoms with van der Waals surface area (Å²) in [5, 5.41) is 6.70. The first kappa shape index (κ1) is 16.7. The Bertz CT molecular complexity index is 705. The van der Waals surface area contributed by atoms with Gasteiger partial charge >= 0.3 is 6.03 Å². The van der Waals surface area contributed by atoms with Crippen molar-refractivity contribution in [1.29, 1.82) is 0 Å². The summed E-state index contributed by atoms with van der Waals surface area (Å²) in [5.41, 5.74) is 0.600. The number of hydrogen-bond donors (Lipinski definition) is 2. The van der Waals surface area contributed by atoms with Gasteiger partial charge in [0.25, 0.3) is 0 Å².